The SMILES string of the molecule is Cc1[nH]c(C(=O)NNC(=O)c2ccccc2O)c(C)c1C(=O)OC(C)C. The lowest BCUT2D eigenvalue weighted by atomic mass is 10.1. The highest BCUT2D eigenvalue weighted by atomic mass is 16.5. The first-order chi connectivity index (χ1) is 12.2. The van der Waals surface area contributed by atoms with Gasteiger partial charge in [-0.2, -0.15) is 0 Å². The lowest BCUT2D eigenvalue weighted by molar-refractivity contribution is 0.0376. The second-order valence-corrected chi connectivity index (χ2v) is 6.00. The Balaban J connectivity index is 2.12. The molecule has 0 radical (unpaired) electrons. The van der Waals surface area contributed by atoms with E-state index >= 15 is 0 Å². The predicted octanol–water partition coefficient (Wildman–Crippen LogP) is 1.98. The van der Waals surface area contributed by atoms with Gasteiger partial charge in [0.1, 0.15) is 11.4 Å². The molecule has 2 aromatic rings. The Morgan fingerprint density at radius 2 is 1.69 bits per heavy atom. The second-order valence-electron chi connectivity index (χ2n) is 6.00. The molecule has 0 unspecified atom stereocenters. The van der Waals surface area contributed by atoms with E-state index in [4.69, 9.17) is 4.74 Å². The topological polar surface area (TPSA) is 121 Å². The standard InChI is InChI=1S/C18H21N3O5/c1-9(2)26-18(25)14-10(3)15(19-11(14)4)17(24)21-20-16(23)12-7-5-6-8-13(12)22/h5-9,19,22H,1-4H3,(H,20,23)(H,21,24). The summed E-state index contributed by atoms with van der Waals surface area (Å²) in [5, 5.41) is 9.65. The monoisotopic (exact) mass is 359 g/mol. The van der Waals surface area contributed by atoms with E-state index in [1.54, 1.807) is 39.8 Å². The summed E-state index contributed by atoms with van der Waals surface area (Å²) in [5.41, 5.74) is 5.83. The van der Waals surface area contributed by atoms with Crippen molar-refractivity contribution in [3.05, 3.63) is 52.3 Å². The molecule has 0 saturated carbocycles. The van der Waals surface area contributed by atoms with Crippen molar-refractivity contribution in [2.45, 2.75) is 33.8 Å². The minimum atomic E-state index is -0.670. The molecule has 0 fully saturated rings. The number of esters is 1. The molecule has 1 heterocycles. The molecule has 0 atom stereocenters. The molecule has 0 bridgehead atoms. The molecule has 0 spiro atoms. The minimum absolute atomic E-state index is 0.0217. The van der Waals surface area contributed by atoms with Crippen LogP contribution in [-0.2, 0) is 4.74 Å². The Morgan fingerprint density at radius 1 is 1.08 bits per heavy atom. The van der Waals surface area contributed by atoms with E-state index < -0.39 is 17.8 Å². The number of aromatic hydroxyl groups is 1. The van der Waals surface area contributed by atoms with E-state index in [9.17, 15) is 19.5 Å². The fourth-order valence-electron chi connectivity index (χ4n) is 2.47. The zero-order valence-corrected chi connectivity index (χ0v) is 15.0. The zero-order valence-electron chi connectivity index (χ0n) is 15.0. The quantitative estimate of drug-likeness (QED) is 0.491. The lowest BCUT2D eigenvalue weighted by Gasteiger charge is -2.09. The molecular formula is C18H21N3O5. The second kappa shape index (κ2) is 7.73. The summed E-state index contributed by atoms with van der Waals surface area (Å²) in [4.78, 5) is 39.3. The van der Waals surface area contributed by atoms with Gasteiger partial charge in [0.2, 0.25) is 0 Å². The van der Waals surface area contributed by atoms with Gasteiger partial charge in [-0.1, -0.05) is 12.1 Å². The number of carbonyl (C=O) groups is 3. The fraction of sp³-hybridized carbons (Fsp3) is 0.278. The van der Waals surface area contributed by atoms with Crippen molar-refractivity contribution in [1.29, 1.82) is 0 Å². The van der Waals surface area contributed by atoms with Crippen LogP contribution >= 0.6 is 0 Å². The number of ether oxygens (including phenoxy) is 1. The number of aromatic nitrogens is 1. The van der Waals surface area contributed by atoms with Crippen molar-refractivity contribution in [3.8, 4) is 5.75 Å². The highest BCUT2D eigenvalue weighted by Gasteiger charge is 2.24. The molecule has 1 aromatic carbocycles. The van der Waals surface area contributed by atoms with Crippen molar-refractivity contribution >= 4 is 17.8 Å². The van der Waals surface area contributed by atoms with Crippen molar-refractivity contribution in [1.82, 2.24) is 15.8 Å². The molecule has 1 aromatic heterocycles. The normalized spacial score (nSPS) is 10.5. The molecule has 0 aliphatic carbocycles. The van der Waals surface area contributed by atoms with Gasteiger partial charge in [0.05, 0.1) is 17.2 Å². The first-order valence-corrected chi connectivity index (χ1v) is 8.01. The van der Waals surface area contributed by atoms with E-state index in [1.807, 2.05) is 0 Å². The average molecular weight is 359 g/mol. The molecule has 2 amide bonds. The summed E-state index contributed by atoms with van der Waals surface area (Å²) in [7, 11) is 0. The van der Waals surface area contributed by atoms with Gasteiger partial charge in [0.25, 0.3) is 11.8 Å². The molecule has 0 saturated heterocycles. The van der Waals surface area contributed by atoms with Crippen LogP contribution in [0, 0.1) is 13.8 Å². The third-order valence-electron chi connectivity index (χ3n) is 3.65. The third kappa shape index (κ3) is 4.02. The Labute approximate surface area is 150 Å². The molecule has 0 aliphatic rings. The number of H-pyrrole nitrogens is 1. The molecule has 2 rings (SSSR count). The van der Waals surface area contributed by atoms with E-state index in [1.165, 1.54) is 12.1 Å². The van der Waals surface area contributed by atoms with Gasteiger partial charge in [0.15, 0.2) is 0 Å². The molecule has 26 heavy (non-hydrogen) atoms. The predicted molar refractivity (Wildman–Crippen MR) is 93.9 cm³/mol. The van der Waals surface area contributed by atoms with E-state index in [-0.39, 0.29) is 28.7 Å². The smallest absolute Gasteiger partial charge is 0.340 e. The van der Waals surface area contributed by atoms with E-state index in [0.29, 0.717) is 11.3 Å². The van der Waals surface area contributed by atoms with Gasteiger partial charge in [-0.05, 0) is 45.4 Å². The van der Waals surface area contributed by atoms with Crippen molar-refractivity contribution < 1.29 is 24.2 Å². The number of rotatable bonds is 4. The number of phenols is 1. The number of carbonyl (C=O) groups excluding carboxylic acids is 3. The highest BCUT2D eigenvalue weighted by Crippen LogP contribution is 2.19. The van der Waals surface area contributed by atoms with Crippen LogP contribution in [-0.4, -0.2) is 34.0 Å². The molecule has 8 nitrogen and oxygen atoms in total. The van der Waals surface area contributed by atoms with Crippen LogP contribution in [0.15, 0.2) is 24.3 Å². The van der Waals surface area contributed by atoms with Gasteiger partial charge >= 0.3 is 5.97 Å². The van der Waals surface area contributed by atoms with Gasteiger partial charge in [-0.25, -0.2) is 4.79 Å². The molecular weight excluding hydrogens is 338 g/mol. The Morgan fingerprint density at radius 3 is 2.31 bits per heavy atom. The van der Waals surface area contributed by atoms with E-state index in [2.05, 4.69) is 15.8 Å². The van der Waals surface area contributed by atoms with Crippen LogP contribution in [0.25, 0.3) is 0 Å². The minimum Gasteiger partial charge on any atom is -0.507 e. The number of para-hydroxylation sites is 1. The number of phenolic OH excluding ortho intramolecular Hbond substituents is 1. The third-order valence-corrected chi connectivity index (χ3v) is 3.65. The van der Waals surface area contributed by atoms with Gasteiger partial charge in [-0.15, -0.1) is 0 Å². The molecule has 138 valence electrons. The Kier molecular flexibility index (Phi) is 5.66. The lowest BCUT2D eigenvalue weighted by Crippen LogP contribution is -2.42. The van der Waals surface area contributed by atoms with Crippen LogP contribution in [0.3, 0.4) is 0 Å². The average Bonchev–Trinajstić information content (AvgIpc) is 2.86. The number of hydrazine groups is 1. The van der Waals surface area contributed by atoms with Crippen LogP contribution in [0.1, 0.15) is 56.3 Å². The van der Waals surface area contributed by atoms with Gasteiger partial charge in [0, 0.05) is 5.69 Å². The number of aromatic amines is 1. The summed E-state index contributed by atoms with van der Waals surface area (Å²) < 4.78 is 5.17. The van der Waals surface area contributed by atoms with Crippen LogP contribution in [0.5, 0.6) is 5.75 Å². The summed E-state index contributed by atoms with van der Waals surface area (Å²) in [6.07, 6.45) is -0.286. The highest BCUT2D eigenvalue weighted by molar-refractivity contribution is 6.02. The van der Waals surface area contributed by atoms with Gasteiger partial charge in [-0.3, -0.25) is 20.4 Å². The maximum atomic E-state index is 12.3. The van der Waals surface area contributed by atoms with Gasteiger partial charge < -0.3 is 14.8 Å². The number of amides is 2. The van der Waals surface area contributed by atoms with Crippen LogP contribution in [0.2, 0.25) is 0 Å². The number of hydrogen-bond acceptors (Lipinski definition) is 5. The van der Waals surface area contributed by atoms with Crippen molar-refractivity contribution in [3.63, 3.8) is 0 Å². The Bertz CT molecular complexity index is 855. The maximum Gasteiger partial charge on any atom is 0.340 e. The van der Waals surface area contributed by atoms with Crippen molar-refractivity contribution in [2.75, 3.05) is 0 Å². The van der Waals surface area contributed by atoms with Crippen LogP contribution < -0.4 is 10.9 Å². The Hall–Kier alpha value is -3.29. The van der Waals surface area contributed by atoms with E-state index in [0.717, 1.165) is 0 Å². The first kappa shape index (κ1) is 19.0. The number of hydrogen-bond donors (Lipinski definition) is 4. The fourth-order valence-corrected chi connectivity index (χ4v) is 2.47. The summed E-state index contributed by atoms with van der Waals surface area (Å²) in [5.74, 6) is -2.02. The van der Waals surface area contributed by atoms with Crippen LogP contribution in [0.4, 0.5) is 0 Å². The number of nitrogens with one attached hydrogen (secondary N) is 3. The first-order valence-electron chi connectivity index (χ1n) is 8.01. The zero-order chi connectivity index (χ0) is 19.4. The molecule has 8 heteroatoms. The number of aryl methyl sites for hydroxylation is 1. The maximum absolute atomic E-state index is 12.3. The largest absolute Gasteiger partial charge is 0.507 e. The summed E-state index contributed by atoms with van der Waals surface area (Å²) in [6.45, 7) is 6.73. The summed E-state index contributed by atoms with van der Waals surface area (Å²) >= 11 is 0. The summed E-state index contributed by atoms with van der Waals surface area (Å²) in [6, 6.07) is 5.94. The van der Waals surface area contributed by atoms with Crippen molar-refractivity contribution in [2.24, 2.45) is 0 Å². The number of benzene rings is 1. The molecule has 4 N–H and O–H groups in total. The molecule has 0 aliphatic heterocycles.